The molecule has 4 atom stereocenters. The van der Waals surface area contributed by atoms with Crippen molar-refractivity contribution in [3.05, 3.63) is 72.6 Å². The Kier molecular flexibility index (Phi) is 10.9. The Hall–Kier alpha value is -5.41. The molecule has 2 fully saturated rings. The van der Waals surface area contributed by atoms with E-state index < -0.39 is 18.2 Å². The minimum absolute atomic E-state index is 0.0211. The van der Waals surface area contributed by atoms with E-state index in [9.17, 15) is 14.4 Å². The molecule has 4 N–H and O–H groups in total. The van der Waals surface area contributed by atoms with Crippen LogP contribution in [-0.2, 0) is 19.1 Å². The number of hydrogen-bond acceptors (Lipinski definition) is 10. The van der Waals surface area contributed by atoms with Crippen LogP contribution in [-0.4, -0.2) is 87.0 Å². The third kappa shape index (κ3) is 7.30. The van der Waals surface area contributed by atoms with E-state index in [4.69, 9.17) is 19.4 Å². The second kappa shape index (κ2) is 16.1. The molecule has 0 saturated carbocycles. The van der Waals surface area contributed by atoms with Gasteiger partial charge in [0.1, 0.15) is 23.7 Å². The van der Waals surface area contributed by atoms with Crippen LogP contribution in [0.4, 0.5) is 4.79 Å². The van der Waals surface area contributed by atoms with E-state index >= 15 is 0 Å². The van der Waals surface area contributed by atoms with Crippen LogP contribution in [0.3, 0.4) is 0 Å². The van der Waals surface area contributed by atoms with Gasteiger partial charge in [-0.25, -0.2) is 14.8 Å². The maximum absolute atomic E-state index is 13.9. The van der Waals surface area contributed by atoms with Crippen LogP contribution in [0.25, 0.3) is 52.3 Å². The van der Waals surface area contributed by atoms with Crippen LogP contribution in [0.2, 0.25) is 0 Å². The standard InChI is InChI=1S/C43H50N8O5S2/c1-22(2)35(44-24(5)55-6)41(52)50-18-10-16-29(50)39-45-27-14-8-12-25(37(27)47-39)31-20-33-34(57-31)21-32(58-33)26-13-9-15-28-38(26)48-40(46-28)30-17-11-19-51(30)42(53)36(23(3)4)49-43(54)56-7/h8-9,12-15,20-23,29-30,35-36,44H,5,10-11,16-19H2,1-4,6-7H3,(H,45,47)(H,46,48)(H,49,54)/t29?,30?,35-,36-/m0/s1. The number of aromatic nitrogens is 4. The van der Waals surface area contributed by atoms with Gasteiger partial charge in [0.2, 0.25) is 11.8 Å². The number of hydrogen-bond donors (Lipinski definition) is 4. The van der Waals surface area contributed by atoms with Gasteiger partial charge in [-0.05, 0) is 68.4 Å². The summed E-state index contributed by atoms with van der Waals surface area (Å²) in [6.45, 7) is 13.0. The van der Waals surface area contributed by atoms with Gasteiger partial charge in [-0.1, -0.05) is 52.0 Å². The van der Waals surface area contributed by atoms with E-state index in [1.165, 1.54) is 16.5 Å². The molecule has 6 heterocycles. The number of likely N-dealkylation sites (tertiary alicyclic amines) is 2. The summed E-state index contributed by atoms with van der Waals surface area (Å²) in [5.41, 5.74) is 5.71. The fourth-order valence-electron chi connectivity index (χ4n) is 8.35. The molecule has 2 unspecified atom stereocenters. The highest BCUT2D eigenvalue weighted by molar-refractivity contribution is 7.31. The molecule has 2 aliphatic rings. The van der Waals surface area contributed by atoms with Crippen LogP contribution >= 0.6 is 22.7 Å². The zero-order chi connectivity index (χ0) is 40.8. The number of carbonyl (C=O) groups excluding carboxylic acids is 3. The number of amides is 3. The summed E-state index contributed by atoms with van der Waals surface area (Å²) in [5, 5.41) is 5.90. The second-order valence-electron chi connectivity index (χ2n) is 15.8. The average molecular weight is 823 g/mol. The Morgan fingerprint density at radius 2 is 1.21 bits per heavy atom. The average Bonchev–Trinajstić information content (AvgIpc) is 4.06. The third-order valence-corrected chi connectivity index (χ3v) is 13.8. The number of H-pyrrole nitrogens is 2. The molecule has 2 saturated heterocycles. The summed E-state index contributed by atoms with van der Waals surface area (Å²) in [7, 11) is 2.85. The first-order valence-corrected chi connectivity index (χ1v) is 21.5. The molecule has 0 aliphatic carbocycles. The number of para-hydroxylation sites is 2. The number of methoxy groups -OCH3 is 2. The first-order chi connectivity index (χ1) is 27.9. The van der Waals surface area contributed by atoms with E-state index in [2.05, 4.69) is 57.5 Å². The van der Waals surface area contributed by atoms with Crippen LogP contribution in [0.15, 0.2) is 61.0 Å². The summed E-state index contributed by atoms with van der Waals surface area (Å²) in [6.07, 6.45) is 2.75. The molecular formula is C43H50N8O5S2. The Balaban J connectivity index is 1.05. The summed E-state index contributed by atoms with van der Waals surface area (Å²) in [6, 6.07) is 15.4. The molecule has 15 heteroatoms. The quantitative estimate of drug-likeness (QED) is 0.0896. The van der Waals surface area contributed by atoms with E-state index in [1.54, 1.807) is 29.8 Å². The fraction of sp³-hybridized carbons (Fsp3) is 0.419. The van der Waals surface area contributed by atoms with Crippen molar-refractivity contribution >= 4 is 72.0 Å². The number of aromatic amines is 2. The summed E-state index contributed by atoms with van der Waals surface area (Å²) in [5.74, 6) is 1.75. The number of fused-ring (bicyclic) bond motifs is 3. The summed E-state index contributed by atoms with van der Waals surface area (Å²) in [4.78, 5) is 63.1. The fourth-order valence-corrected chi connectivity index (χ4v) is 10.8. The molecule has 6 aromatic rings. The van der Waals surface area contributed by atoms with Crippen molar-refractivity contribution in [2.24, 2.45) is 11.8 Å². The number of carbonyl (C=O) groups is 3. The van der Waals surface area contributed by atoms with Gasteiger partial charge in [-0.2, -0.15) is 0 Å². The van der Waals surface area contributed by atoms with E-state index in [-0.39, 0.29) is 35.7 Å². The van der Waals surface area contributed by atoms with Gasteiger partial charge in [-0.15, -0.1) is 22.7 Å². The number of imidazole rings is 2. The van der Waals surface area contributed by atoms with E-state index in [0.29, 0.717) is 19.0 Å². The third-order valence-electron chi connectivity index (χ3n) is 11.4. The normalized spacial score (nSPS) is 18.1. The molecule has 4 aromatic heterocycles. The Bertz CT molecular complexity index is 2320. The highest BCUT2D eigenvalue weighted by atomic mass is 32.1. The number of nitrogens with one attached hydrogen (secondary N) is 4. The topological polar surface area (TPSA) is 158 Å². The van der Waals surface area contributed by atoms with Crippen LogP contribution in [0.5, 0.6) is 0 Å². The largest absolute Gasteiger partial charge is 0.483 e. The zero-order valence-corrected chi connectivity index (χ0v) is 35.3. The van der Waals surface area contributed by atoms with Crippen molar-refractivity contribution in [3.8, 4) is 20.9 Å². The number of alkyl carbamates (subject to hydrolysis) is 1. The van der Waals surface area contributed by atoms with Crippen molar-refractivity contribution in [2.75, 3.05) is 27.3 Å². The number of ether oxygens (including phenoxy) is 2. The number of benzene rings is 2. The lowest BCUT2D eigenvalue weighted by atomic mass is 10.0. The van der Waals surface area contributed by atoms with Gasteiger partial charge >= 0.3 is 6.09 Å². The Morgan fingerprint density at radius 3 is 1.64 bits per heavy atom. The van der Waals surface area contributed by atoms with Crippen molar-refractivity contribution in [2.45, 2.75) is 77.5 Å². The SMILES string of the molecule is C=C(N[C@H](C(=O)N1CCCC1c1nc2c(-c3cc4sc(-c5cccc6[nH]c(C7CCCN7C(=O)[C@@H](NC(=O)OC)C(C)C)nc56)cc4s3)cccc2[nH]1)C(C)C)OC. The van der Waals surface area contributed by atoms with Gasteiger partial charge in [0.25, 0.3) is 0 Å². The summed E-state index contributed by atoms with van der Waals surface area (Å²) >= 11 is 3.47. The Labute approximate surface area is 345 Å². The highest BCUT2D eigenvalue weighted by Gasteiger charge is 2.39. The van der Waals surface area contributed by atoms with Gasteiger partial charge in [0, 0.05) is 43.4 Å². The lowest BCUT2D eigenvalue weighted by molar-refractivity contribution is -0.136. The Morgan fingerprint density at radius 1 is 0.741 bits per heavy atom. The van der Waals surface area contributed by atoms with Crippen LogP contribution in [0.1, 0.15) is 77.1 Å². The second-order valence-corrected chi connectivity index (χ2v) is 18.0. The monoisotopic (exact) mass is 822 g/mol. The lowest BCUT2D eigenvalue weighted by Crippen LogP contribution is -2.51. The van der Waals surface area contributed by atoms with Gasteiger partial charge in [0.15, 0.2) is 5.88 Å². The molecule has 8 rings (SSSR count). The van der Waals surface area contributed by atoms with Gasteiger partial charge in [0.05, 0.1) is 48.4 Å². The number of thiophene rings is 2. The first-order valence-electron chi connectivity index (χ1n) is 19.9. The molecule has 2 aromatic carbocycles. The van der Waals surface area contributed by atoms with Crippen LogP contribution < -0.4 is 10.6 Å². The van der Waals surface area contributed by atoms with Gasteiger partial charge < -0.3 is 39.9 Å². The lowest BCUT2D eigenvalue weighted by Gasteiger charge is -2.30. The van der Waals surface area contributed by atoms with Crippen molar-refractivity contribution in [1.29, 1.82) is 0 Å². The molecule has 0 radical (unpaired) electrons. The zero-order valence-electron chi connectivity index (χ0n) is 33.7. The molecule has 0 bridgehead atoms. The number of nitrogens with zero attached hydrogens (tertiary/aromatic N) is 4. The minimum Gasteiger partial charge on any atom is -0.483 e. The predicted molar refractivity (Wildman–Crippen MR) is 229 cm³/mol. The molecule has 2 aliphatic heterocycles. The van der Waals surface area contributed by atoms with Gasteiger partial charge in [-0.3, -0.25) is 9.59 Å². The first kappa shape index (κ1) is 39.4. The van der Waals surface area contributed by atoms with Crippen molar-refractivity contribution < 1.29 is 23.9 Å². The highest BCUT2D eigenvalue weighted by Crippen LogP contribution is 2.45. The maximum Gasteiger partial charge on any atom is 0.407 e. The predicted octanol–water partition coefficient (Wildman–Crippen LogP) is 8.49. The smallest absolute Gasteiger partial charge is 0.407 e. The van der Waals surface area contributed by atoms with E-state index in [0.717, 1.165) is 80.3 Å². The molecule has 304 valence electrons. The maximum atomic E-state index is 13.9. The van der Waals surface area contributed by atoms with Crippen molar-refractivity contribution in [3.63, 3.8) is 0 Å². The number of rotatable bonds is 12. The van der Waals surface area contributed by atoms with Crippen LogP contribution in [0, 0.1) is 11.8 Å². The molecule has 0 spiro atoms. The molecular weight excluding hydrogens is 773 g/mol. The molecule has 58 heavy (non-hydrogen) atoms. The van der Waals surface area contributed by atoms with E-state index in [1.807, 2.05) is 55.7 Å². The molecule has 3 amide bonds. The minimum atomic E-state index is -0.694. The van der Waals surface area contributed by atoms with Crippen molar-refractivity contribution in [1.82, 2.24) is 40.4 Å². The molecule has 13 nitrogen and oxygen atoms in total. The summed E-state index contributed by atoms with van der Waals surface area (Å²) < 4.78 is 12.4.